The van der Waals surface area contributed by atoms with Crippen LogP contribution in [0.15, 0.2) is 54.9 Å². The van der Waals surface area contributed by atoms with E-state index in [-0.39, 0.29) is 29.7 Å². The Kier molecular flexibility index (Phi) is 8.29. The average Bonchev–Trinajstić information content (AvgIpc) is 3.68. The number of pyridine rings is 2. The summed E-state index contributed by atoms with van der Waals surface area (Å²) in [7, 11) is 0. The highest BCUT2D eigenvalue weighted by molar-refractivity contribution is 7.22. The molecule has 1 aliphatic carbocycles. The fourth-order valence-electron chi connectivity index (χ4n) is 5.06. The largest absolute Gasteiger partial charge is 0.466 e. The fraction of sp³-hybridized carbons (Fsp3) is 0.355. The zero-order valence-electron chi connectivity index (χ0n) is 23.3. The Morgan fingerprint density at radius 2 is 1.98 bits per heavy atom. The summed E-state index contributed by atoms with van der Waals surface area (Å²) < 4.78 is 26.8. The molecule has 0 spiro atoms. The Morgan fingerprint density at radius 1 is 1.10 bits per heavy atom. The number of ether oxygens (including phenoxy) is 2. The first kappa shape index (κ1) is 28.0. The minimum absolute atomic E-state index is 0.0518. The lowest BCUT2D eigenvalue weighted by Crippen LogP contribution is -2.38. The summed E-state index contributed by atoms with van der Waals surface area (Å²) in [6.07, 6.45) is 7.28. The number of rotatable bonds is 9. The number of hydrogen-bond donors (Lipinski definition) is 2. The minimum atomic E-state index is -0.583. The van der Waals surface area contributed by atoms with E-state index < -0.39 is 5.82 Å². The van der Waals surface area contributed by atoms with Gasteiger partial charge in [-0.15, -0.1) is 11.3 Å². The molecule has 1 unspecified atom stereocenters. The monoisotopic (exact) mass is 589 g/mol. The standard InChI is InChI=1S/C31H32FN5O4S/c1-2-40-30(38)20-4-3-13-37(18-20)17-19-5-9-24(34-16-19)28-15-25-29(42-28)27(11-12-33-25)41-26-10-8-22(14-23(26)32)36-31(39)35-21-6-7-21/h5,8-12,14-16,20-21H,2-4,6-7,13,17-18H2,1H3,(H2,35,36,39). The topological polar surface area (TPSA) is 106 Å². The molecule has 2 fully saturated rings. The molecular weight excluding hydrogens is 557 g/mol. The van der Waals surface area contributed by atoms with E-state index in [4.69, 9.17) is 14.5 Å². The summed E-state index contributed by atoms with van der Waals surface area (Å²) in [6.45, 7) is 4.60. The van der Waals surface area contributed by atoms with E-state index in [2.05, 4.69) is 26.6 Å². The summed E-state index contributed by atoms with van der Waals surface area (Å²) in [5, 5.41) is 5.46. The van der Waals surface area contributed by atoms with Crippen molar-refractivity contribution in [2.45, 2.75) is 45.2 Å². The van der Waals surface area contributed by atoms with E-state index in [1.54, 1.807) is 18.3 Å². The molecule has 2 N–H and O–H groups in total. The predicted molar refractivity (Wildman–Crippen MR) is 159 cm³/mol. The average molecular weight is 590 g/mol. The molecule has 1 saturated carbocycles. The number of hydrogen-bond acceptors (Lipinski definition) is 8. The van der Waals surface area contributed by atoms with Crippen LogP contribution >= 0.6 is 11.3 Å². The molecule has 1 saturated heterocycles. The molecular formula is C31H32FN5O4S. The Balaban J connectivity index is 1.12. The van der Waals surface area contributed by atoms with Gasteiger partial charge in [-0.25, -0.2) is 9.18 Å². The van der Waals surface area contributed by atoms with Crippen LogP contribution < -0.4 is 15.4 Å². The van der Waals surface area contributed by atoms with Crippen LogP contribution in [0.1, 0.15) is 38.2 Å². The van der Waals surface area contributed by atoms with Crippen molar-refractivity contribution in [1.29, 1.82) is 0 Å². The van der Waals surface area contributed by atoms with Crippen LogP contribution in [0, 0.1) is 11.7 Å². The number of piperidine rings is 1. The van der Waals surface area contributed by atoms with Crippen molar-refractivity contribution in [3.05, 3.63) is 66.2 Å². The molecule has 0 bridgehead atoms. The predicted octanol–water partition coefficient (Wildman–Crippen LogP) is 6.35. The third-order valence-corrected chi connectivity index (χ3v) is 8.47. The number of halogens is 1. The summed E-state index contributed by atoms with van der Waals surface area (Å²) in [5.74, 6) is -0.228. The van der Waals surface area contributed by atoms with E-state index in [1.165, 1.54) is 23.5 Å². The number of carbonyl (C=O) groups excluding carboxylic acids is 2. The third-order valence-electron chi connectivity index (χ3n) is 7.31. The van der Waals surface area contributed by atoms with Gasteiger partial charge in [-0.1, -0.05) is 6.07 Å². The molecule has 11 heteroatoms. The maximum atomic E-state index is 14.9. The van der Waals surface area contributed by atoms with Gasteiger partial charge in [0.1, 0.15) is 5.75 Å². The molecule has 1 aliphatic heterocycles. The van der Waals surface area contributed by atoms with Crippen molar-refractivity contribution in [3.63, 3.8) is 0 Å². The van der Waals surface area contributed by atoms with Crippen molar-refractivity contribution < 1.29 is 23.5 Å². The molecule has 1 atom stereocenters. The molecule has 9 nitrogen and oxygen atoms in total. The lowest BCUT2D eigenvalue weighted by Gasteiger charge is -2.31. The Labute approximate surface area is 247 Å². The number of nitrogens with zero attached hydrogens (tertiary/aromatic N) is 3. The number of benzene rings is 1. The molecule has 1 aromatic carbocycles. The van der Waals surface area contributed by atoms with Crippen LogP contribution in [-0.4, -0.2) is 52.6 Å². The van der Waals surface area contributed by atoms with Gasteiger partial charge in [0, 0.05) is 49.3 Å². The van der Waals surface area contributed by atoms with Gasteiger partial charge in [0.15, 0.2) is 11.6 Å². The smallest absolute Gasteiger partial charge is 0.319 e. The lowest BCUT2D eigenvalue weighted by atomic mass is 9.98. The van der Waals surface area contributed by atoms with E-state index in [1.807, 2.05) is 25.3 Å². The van der Waals surface area contributed by atoms with E-state index >= 15 is 0 Å². The number of urea groups is 1. The highest BCUT2D eigenvalue weighted by Crippen LogP contribution is 2.39. The second-order valence-electron chi connectivity index (χ2n) is 10.6. The molecule has 0 radical (unpaired) electrons. The first-order chi connectivity index (χ1) is 20.4. The van der Waals surface area contributed by atoms with Gasteiger partial charge >= 0.3 is 12.0 Å². The van der Waals surface area contributed by atoms with Gasteiger partial charge in [-0.3, -0.25) is 19.7 Å². The molecule has 3 aromatic heterocycles. The highest BCUT2D eigenvalue weighted by atomic mass is 32.1. The van der Waals surface area contributed by atoms with Crippen molar-refractivity contribution in [2.24, 2.45) is 5.92 Å². The maximum Gasteiger partial charge on any atom is 0.319 e. The SMILES string of the molecule is CCOC(=O)C1CCCN(Cc2ccc(-c3cc4nccc(Oc5ccc(NC(=O)NC6CC6)cc5F)c4s3)nc2)C1. The van der Waals surface area contributed by atoms with E-state index in [0.29, 0.717) is 24.6 Å². The van der Waals surface area contributed by atoms with E-state index in [0.717, 1.165) is 65.1 Å². The molecule has 4 heterocycles. The van der Waals surface area contributed by atoms with Crippen molar-refractivity contribution in [3.8, 4) is 22.1 Å². The number of esters is 1. The highest BCUT2D eigenvalue weighted by Gasteiger charge is 2.27. The number of fused-ring (bicyclic) bond motifs is 1. The van der Waals surface area contributed by atoms with Crippen LogP contribution in [0.4, 0.5) is 14.9 Å². The number of nitrogens with one attached hydrogen (secondary N) is 2. The van der Waals surface area contributed by atoms with Crippen LogP contribution in [0.5, 0.6) is 11.5 Å². The van der Waals surface area contributed by atoms with Crippen molar-refractivity contribution >= 4 is 39.2 Å². The number of amides is 2. The van der Waals surface area contributed by atoms with Gasteiger partial charge in [-0.2, -0.15) is 0 Å². The quantitative estimate of drug-likeness (QED) is 0.219. The molecule has 6 rings (SSSR count). The molecule has 42 heavy (non-hydrogen) atoms. The fourth-order valence-corrected chi connectivity index (χ4v) is 6.10. The Hall–Kier alpha value is -4.09. The normalized spacial score (nSPS) is 17.1. The summed E-state index contributed by atoms with van der Waals surface area (Å²) in [5.41, 5.74) is 2.96. The maximum absolute atomic E-state index is 14.9. The zero-order valence-corrected chi connectivity index (χ0v) is 24.1. The second-order valence-corrected chi connectivity index (χ2v) is 11.7. The molecule has 2 amide bonds. The van der Waals surface area contributed by atoms with Gasteiger partial charge in [-0.05, 0) is 69.0 Å². The minimum Gasteiger partial charge on any atom is -0.466 e. The number of thiophene rings is 1. The van der Waals surface area contributed by atoms with Gasteiger partial charge in [0.2, 0.25) is 0 Å². The Morgan fingerprint density at radius 3 is 2.74 bits per heavy atom. The van der Waals surface area contributed by atoms with Gasteiger partial charge < -0.3 is 20.1 Å². The molecule has 4 aromatic rings. The van der Waals surface area contributed by atoms with Crippen LogP contribution in [0.25, 0.3) is 20.8 Å². The summed E-state index contributed by atoms with van der Waals surface area (Å²) in [6, 6.07) is 11.9. The molecule has 2 aliphatic rings. The van der Waals surface area contributed by atoms with E-state index in [9.17, 15) is 14.0 Å². The van der Waals surface area contributed by atoms with Gasteiger partial charge in [0.05, 0.1) is 33.3 Å². The van der Waals surface area contributed by atoms with Gasteiger partial charge in [0.25, 0.3) is 0 Å². The first-order valence-electron chi connectivity index (χ1n) is 14.2. The van der Waals surface area contributed by atoms with Crippen molar-refractivity contribution in [1.82, 2.24) is 20.2 Å². The third kappa shape index (κ3) is 6.69. The van der Waals surface area contributed by atoms with Crippen LogP contribution in [-0.2, 0) is 16.1 Å². The van der Waals surface area contributed by atoms with Crippen LogP contribution in [0.2, 0.25) is 0 Å². The zero-order chi connectivity index (χ0) is 29.1. The van der Waals surface area contributed by atoms with Crippen molar-refractivity contribution in [2.75, 3.05) is 25.0 Å². The number of carbonyl (C=O) groups is 2. The number of anilines is 1. The first-order valence-corrected chi connectivity index (χ1v) is 15.0. The van der Waals surface area contributed by atoms with Crippen LogP contribution in [0.3, 0.4) is 0 Å². The lowest BCUT2D eigenvalue weighted by molar-refractivity contribution is -0.150. The molecule has 218 valence electrons. The number of aromatic nitrogens is 2. The summed E-state index contributed by atoms with van der Waals surface area (Å²) >= 11 is 1.48. The Bertz CT molecular complexity index is 1590. The summed E-state index contributed by atoms with van der Waals surface area (Å²) in [4.78, 5) is 36.5. The number of likely N-dealkylation sites (tertiary alicyclic amines) is 1. The second kappa shape index (κ2) is 12.4.